The van der Waals surface area contributed by atoms with E-state index in [1.54, 1.807) is 6.07 Å². The van der Waals surface area contributed by atoms with Gasteiger partial charge in [0.15, 0.2) is 16.7 Å². The van der Waals surface area contributed by atoms with Gasteiger partial charge in [0.25, 0.3) is 0 Å². The van der Waals surface area contributed by atoms with E-state index in [1.807, 2.05) is 6.07 Å². The van der Waals surface area contributed by atoms with Crippen LogP contribution in [0.1, 0.15) is 38.2 Å². The van der Waals surface area contributed by atoms with Gasteiger partial charge in [0.2, 0.25) is 12.7 Å². The van der Waals surface area contributed by atoms with E-state index in [-0.39, 0.29) is 11.7 Å². The topological polar surface area (TPSA) is 79.8 Å². The largest absolute Gasteiger partial charge is 0.454 e. The third kappa shape index (κ3) is 7.13. The summed E-state index contributed by atoms with van der Waals surface area (Å²) in [5, 5.41) is 3.90. The molecule has 1 fully saturated rings. The summed E-state index contributed by atoms with van der Waals surface area (Å²) in [6.07, 6.45) is 4.56. The molecule has 0 bridgehead atoms. The second-order valence-corrected chi connectivity index (χ2v) is 9.81. The number of ether oxygens (including phenoxy) is 2. The third-order valence-electron chi connectivity index (χ3n) is 5.89. The number of fused-ring (bicyclic) bond motifs is 1. The lowest BCUT2D eigenvalue weighted by molar-refractivity contribution is -0.118. The van der Waals surface area contributed by atoms with Crippen molar-refractivity contribution in [2.24, 2.45) is 0 Å². The fourth-order valence-electron chi connectivity index (χ4n) is 4.01. The molecule has 3 heterocycles. The summed E-state index contributed by atoms with van der Waals surface area (Å²) in [5.74, 6) is 2.74. The fourth-order valence-corrected chi connectivity index (χ4v) is 4.92. The van der Waals surface area contributed by atoms with Crippen molar-refractivity contribution in [3.05, 3.63) is 35.0 Å². The number of thioether (sulfide) groups is 1. The molecule has 1 saturated heterocycles. The van der Waals surface area contributed by atoms with Gasteiger partial charge in [-0.05, 0) is 24.1 Å². The molecule has 1 aromatic heterocycles. The minimum atomic E-state index is 0.00348. The molecule has 1 aromatic carbocycles. The Morgan fingerprint density at radius 3 is 2.74 bits per heavy atom. The molecule has 0 unspecified atom stereocenters. The SMILES string of the molecule is CCCCCCNC(=O)CSc1nc(Cl)cc(N2CCN(Cc3ccc4c(c3)OCO4)CC2)n1. The van der Waals surface area contributed by atoms with Crippen molar-refractivity contribution in [3.63, 3.8) is 0 Å². The lowest BCUT2D eigenvalue weighted by atomic mass is 10.1. The number of anilines is 1. The number of hydrogen-bond donors (Lipinski definition) is 1. The summed E-state index contributed by atoms with van der Waals surface area (Å²) in [6.45, 7) is 7.58. The average Bonchev–Trinajstić information content (AvgIpc) is 3.31. The van der Waals surface area contributed by atoms with E-state index in [4.69, 9.17) is 21.1 Å². The van der Waals surface area contributed by atoms with Gasteiger partial charge in [0.1, 0.15) is 11.0 Å². The first-order valence-corrected chi connectivity index (χ1v) is 13.3. The Bertz CT molecular complexity index is 972. The van der Waals surface area contributed by atoms with E-state index in [9.17, 15) is 4.79 Å². The Balaban J connectivity index is 1.24. The average molecular weight is 506 g/mol. The van der Waals surface area contributed by atoms with Gasteiger partial charge in [-0.15, -0.1) is 0 Å². The molecule has 8 nitrogen and oxygen atoms in total. The highest BCUT2D eigenvalue weighted by Crippen LogP contribution is 2.33. The number of carbonyl (C=O) groups excluding carboxylic acids is 1. The number of nitrogens with zero attached hydrogens (tertiary/aromatic N) is 4. The molecular formula is C24H32ClN5O3S. The van der Waals surface area contributed by atoms with Crippen molar-refractivity contribution in [3.8, 4) is 11.5 Å². The molecule has 0 spiro atoms. The molecule has 0 atom stereocenters. The van der Waals surface area contributed by atoms with Crippen molar-refractivity contribution in [2.45, 2.75) is 44.3 Å². The normalized spacial score (nSPS) is 15.5. The number of aromatic nitrogens is 2. The highest BCUT2D eigenvalue weighted by molar-refractivity contribution is 7.99. The van der Waals surface area contributed by atoms with Crippen LogP contribution in [-0.4, -0.2) is 66.0 Å². The number of unbranched alkanes of at least 4 members (excludes halogenated alkanes) is 3. The summed E-state index contributed by atoms with van der Waals surface area (Å²) in [6, 6.07) is 7.92. The number of amides is 1. The van der Waals surface area contributed by atoms with Crippen LogP contribution in [0.15, 0.2) is 29.4 Å². The number of piperazine rings is 1. The van der Waals surface area contributed by atoms with Crippen molar-refractivity contribution < 1.29 is 14.3 Å². The second kappa shape index (κ2) is 12.5. The monoisotopic (exact) mass is 505 g/mol. The van der Waals surface area contributed by atoms with Gasteiger partial charge in [-0.3, -0.25) is 9.69 Å². The number of halogens is 1. The van der Waals surface area contributed by atoms with Crippen LogP contribution in [0.5, 0.6) is 11.5 Å². The molecule has 10 heteroatoms. The number of benzene rings is 1. The number of rotatable bonds is 11. The van der Waals surface area contributed by atoms with Crippen LogP contribution in [0, 0.1) is 0 Å². The molecule has 34 heavy (non-hydrogen) atoms. The lowest BCUT2D eigenvalue weighted by Gasteiger charge is -2.35. The fraction of sp³-hybridized carbons (Fsp3) is 0.542. The standard InChI is InChI=1S/C24H32ClN5O3S/c1-2-3-4-5-8-26-23(31)16-34-24-27-21(25)14-22(28-24)30-11-9-29(10-12-30)15-18-6-7-19-20(13-18)33-17-32-19/h6-7,13-14H,2-5,8-12,15-17H2,1H3,(H,26,31). The van der Waals surface area contributed by atoms with Crippen LogP contribution in [0.25, 0.3) is 0 Å². The van der Waals surface area contributed by atoms with Gasteiger partial charge in [-0.2, -0.15) is 0 Å². The quantitative estimate of drug-likeness (QED) is 0.213. The molecular weight excluding hydrogens is 474 g/mol. The Hall–Kier alpha value is -2.23. The molecule has 0 aliphatic carbocycles. The molecule has 1 N–H and O–H groups in total. The third-order valence-corrected chi connectivity index (χ3v) is 6.93. The van der Waals surface area contributed by atoms with Crippen LogP contribution < -0.4 is 19.7 Å². The van der Waals surface area contributed by atoms with E-state index in [0.717, 1.165) is 69.4 Å². The Morgan fingerprint density at radius 1 is 1.09 bits per heavy atom. The van der Waals surface area contributed by atoms with Crippen molar-refractivity contribution in [1.82, 2.24) is 20.2 Å². The summed E-state index contributed by atoms with van der Waals surface area (Å²) in [7, 11) is 0. The first kappa shape index (κ1) is 24.9. The van der Waals surface area contributed by atoms with E-state index in [1.165, 1.54) is 30.2 Å². The van der Waals surface area contributed by atoms with E-state index in [2.05, 4.69) is 44.1 Å². The minimum Gasteiger partial charge on any atom is -0.454 e. The van der Waals surface area contributed by atoms with Crippen LogP contribution in [0.4, 0.5) is 5.82 Å². The van der Waals surface area contributed by atoms with Crippen LogP contribution in [0.2, 0.25) is 5.15 Å². The summed E-state index contributed by atoms with van der Waals surface area (Å²) in [5.41, 5.74) is 1.21. The Labute approximate surface area is 210 Å². The van der Waals surface area contributed by atoms with Gasteiger partial charge >= 0.3 is 0 Å². The maximum absolute atomic E-state index is 12.1. The Morgan fingerprint density at radius 2 is 1.91 bits per heavy atom. The molecule has 4 rings (SSSR count). The lowest BCUT2D eigenvalue weighted by Crippen LogP contribution is -2.46. The summed E-state index contributed by atoms with van der Waals surface area (Å²) in [4.78, 5) is 25.7. The molecule has 184 valence electrons. The molecule has 1 amide bonds. The summed E-state index contributed by atoms with van der Waals surface area (Å²) >= 11 is 7.60. The first-order chi connectivity index (χ1) is 16.6. The van der Waals surface area contributed by atoms with Gasteiger partial charge in [-0.25, -0.2) is 9.97 Å². The highest BCUT2D eigenvalue weighted by atomic mass is 35.5. The number of hydrogen-bond acceptors (Lipinski definition) is 8. The number of carbonyl (C=O) groups is 1. The van der Waals surface area contributed by atoms with Gasteiger partial charge in [0.05, 0.1) is 5.75 Å². The summed E-state index contributed by atoms with van der Waals surface area (Å²) < 4.78 is 10.9. The molecule has 2 aliphatic heterocycles. The van der Waals surface area contributed by atoms with Crippen LogP contribution in [-0.2, 0) is 11.3 Å². The highest BCUT2D eigenvalue weighted by Gasteiger charge is 2.21. The zero-order valence-electron chi connectivity index (χ0n) is 19.6. The maximum Gasteiger partial charge on any atom is 0.231 e. The smallest absolute Gasteiger partial charge is 0.231 e. The van der Waals surface area contributed by atoms with Gasteiger partial charge in [0, 0.05) is 45.3 Å². The van der Waals surface area contributed by atoms with Gasteiger partial charge in [-0.1, -0.05) is 55.6 Å². The van der Waals surface area contributed by atoms with Gasteiger partial charge < -0.3 is 19.7 Å². The van der Waals surface area contributed by atoms with E-state index >= 15 is 0 Å². The van der Waals surface area contributed by atoms with Crippen molar-refractivity contribution >= 4 is 35.1 Å². The zero-order chi connectivity index (χ0) is 23.8. The van der Waals surface area contributed by atoms with Crippen molar-refractivity contribution in [1.29, 1.82) is 0 Å². The molecule has 2 aliphatic rings. The molecule has 0 radical (unpaired) electrons. The van der Waals surface area contributed by atoms with Crippen LogP contribution in [0.3, 0.4) is 0 Å². The predicted molar refractivity (Wildman–Crippen MR) is 135 cm³/mol. The molecule has 2 aromatic rings. The minimum absolute atomic E-state index is 0.00348. The van der Waals surface area contributed by atoms with Crippen molar-refractivity contribution in [2.75, 3.05) is 50.2 Å². The first-order valence-electron chi connectivity index (χ1n) is 11.9. The maximum atomic E-state index is 12.1. The van der Waals surface area contributed by atoms with Crippen LogP contribution >= 0.6 is 23.4 Å². The molecule has 0 saturated carbocycles. The Kier molecular flexibility index (Phi) is 9.12. The zero-order valence-corrected chi connectivity index (χ0v) is 21.2. The van der Waals surface area contributed by atoms with E-state index < -0.39 is 0 Å². The van der Waals surface area contributed by atoms with E-state index in [0.29, 0.717) is 17.1 Å². The number of nitrogens with one attached hydrogen (secondary N) is 1. The predicted octanol–water partition coefficient (Wildman–Crippen LogP) is 3.97. The second-order valence-electron chi connectivity index (χ2n) is 8.48.